The van der Waals surface area contributed by atoms with Gasteiger partial charge in [-0.25, -0.2) is 0 Å². The van der Waals surface area contributed by atoms with Crippen LogP contribution in [0.2, 0.25) is 0 Å². The highest BCUT2D eigenvalue weighted by atomic mass is 16.5. The summed E-state index contributed by atoms with van der Waals surface area (Å²) in [6.45, 7) is 4.22. The lowest BCUT2D eigenvalue weighted by atomic mass is 10.0. The molecule has 4 rings (SSSR count). The van der Waals surface area contributed by atoms with E-state index >= 15 is 0 Å². The van der Waals surface area contributed by atoms with E-state index in [9.17, 15) is 4.79 Å². The molecule has 0 aliphatic carbocycles. The molecule has 1 N–H and O–H groups in total. The average molecular weight is 351 g/mol. The molecule has 6 heteroatoms. The molecule has 0 bridgehead atoms. The minimum Gasteiger partial charge on any atom is -0.494 e. The second-order valence-corrected chi connectivity index (χ2v) is 6.67. The van der Waals surface area contributed by atoms with E-state index in [1.54, 1.807) is 0 Å². The maximum atomic E-state index is 12.7. The van der Waals surface area contributed by atoms with Crippen molar-refractivity contribution < 1.29 is 9.64 Å². The molecular weight excluding hydrogens is 328 g/mol. The lowest BCUT2D eigenvalue weighted by Crippen LogP contribution is -3.09. The zero-order valence-electron chi connectivity index (χ0n) is 14.9. The van der Waals surface area contributed by atoms with Crippen molar-refractivity contribution in [1.29, 1.82) is 0 Å². The van der Waals surface area contributed by atoms with Crippen LogP contribution in [0.15, 0.2) is 53.3 Å². The molecular formula is C20H23N4O2+. The maximum Gasteiger partial charge on any atom is 0.282 e. The molecule has 134 valence electrons. The van der Waals surface area contributed by atoms with Crippen LogP contribution < -0.4 is 15.2 Å². The van der Waals surface area contributed by atoms with Gasteiger partial charge in [0.15, 0.2) is 6.67 Å². The number of nitrogens with zero attached hydrogens (tertiary/aromatic N) is 3. The van der Waals surface area contributed by atoms with Gasteiger partial charge in [0.25, 0.3) is 5.56 Å². The molecule has 0 radical (unpaired) electrons. The smallest absolute Gasteiger partial charge is 0.282 e. The number of rotatable bonds is 5. The van der Waals surface area contributed by atoms with Crippen LogP contribution >= 0.6 is 0 Å². The number of quaternary nitrogens is 1. The first kappa shape index (κ1) is 16.7. The van der Waals surface area contributed by atoms with Gasteiger partial charge in [-0.1, -0.05) is 17.3 Å². The van der Waals surface area contributed by atoms with E-state index in [1.807, 2.05) is 43.3 Å². The Balaban J connectivity index is 1.57. The zero-order chi connectivity index (χ0) is 17.9. The Bertz CT molecular complexity index is 952. The third-order valence-corrected chi connectivity index (χ3v) is 5.06. The van der Waals surface area contributed by atoms with Crippen LogP contribution in [0.5, 0.6) is 5.75 Å². The largest absolute Gasteiger partial charge is 0.494 e. The maximum absolute atomic E-state index is 12.7. The topological polar surface area (TPSA) is 61.5 Å². The van der Waals surface area contributed by atoms with Gasteiger partial charge in [-0.2, -0.15) is 4.68 Å². The van der Waals surface area contributed by atoms with Gasteiger partial charge in [-0.05, 0) is 43.3 Å². The normalized spacial score (nSPS) is 19.7. The van der Waals surface area contributed by atoms with Crippen molar-refractivity contribution in [3.05, 3.63) is 64.4 Å². The van der Waals surface area contributed by atoms with Crippen LogP contribution in [0, 0.1) is 0 Å². The summed E-state index contributed by atoms with van der Waals surface area (Å²) >= 11 is 0. The Morgan fingerprint density at radius 1 is 1.19 bits per heavy atom. The van der Waals surface area contributed by atoms with E-state index in [-0.39, 0.29) is 5.56 Å². The van der Waals surface area contributed by atoms with Crippen LogP contribution in [0.4, 0.5) is 0 Å². The van der Waals surface area contributed by atoms with Crippen molar-refractivity contribution in [3.63, 3.8) is 0 Å². The third-order valence-electron chi connectivity index (χ3n) is 5.06. The molecule has 6 nitrogen and oxygen atoms in total. The monoisotopic (exact) mass is 351 g/mol. The Kier molecular flexibility index (Phi) is 4.67. The number of aromatic nitrogens is 3. The van der Waals surface area contributed by atoms with Crippen molar-refractivity contribution in [2.75, 3.05) is 13.2 Å². The molecule has 1 aliphatic heterocycles. The quantitative estimate of drug-likeness (QED) is 0.758. The molecule has 0 spiro atoms. The lowest BCUT2D eigenvalue weighted by molar-refractivity contribution is -0.941. The van der Waals surface area contributed by atoms with Crippen LogP contribution in [0.1, 0.15) is 31.4 Å². The van der Waals surface area contributed by atoms with Crippen LogP contribution in [-0.4, -0.2) is 28.1 Å². The molecule has 3 aromatic rings. The van der Waals surface area contributed by atoms with Gasteiger partial charge >= 0.3 is 0 Å². The fourth-order valence-corrected chi connectivity index (χ4v) is 3.79. The van der Waals surface area contributed by atoms with E-state index in [4.69, 9.17) is 4.74 Å². The summed E-state index contributed by atoms with van der Waals surface area (Å²) in [6, 6.07) is 16.0. The number of likely N-dealkylation sites (tertiary alicyclic amines) is 1. The summed E-state index contributed by atoms with van der Waals surface area (Å²) in [4.78, 5) is 14.1. The molecule has 1 aromatic heterocycles. The number of fused-ring (bicyclic) bond motifs is 1. The highest BCUT2D eigenvalue weighted by Crippen LogP contribution is 2.22. The molecule has 1 saturated heterocycles. The first-order valence-electron chi connectivity index (χ1n) is 9.16. The highest BCUT2D eigenvalue weighted by Gasteiger charge is 2.30. The van der Waals surface area contributed by atoms with E-state index in [1.165, 1.54) is 15.1 Å². The average Bonchev–Trinajstić information content (AvgIpc) is 3.13. The van der Waals surface area contributed by atoms with Gasteiger partial charge in [-0.15, -0.1) is 5.10 Å². The molecule has 2 heterocycles. The Hall–Kier alpha value is -2.73. The SMILES string of the molecule is CCOc1ccc([C@H]2CCC[NH+]2Cn2nnc3ccccc3c2=O)cc1. The molecule has 1 aliphatic rings. The third kappa shape index (κ3) is 3.20. The number of ether oxygens (including phenoxy) is 1. The predicted molar refractivity (Wildman–Crippen MR) is 99.2 cm³/mol. The number of hydrogen-bond acceptors (Lipinski definition) is 4. The lowest BCUT2D eigenvalue weighted by Gasteiger charge is -2.22. The fourth-order valence-electron chi connectivity index (χ4n) is 3.79. The Morgan fingerprint density at radius 3 is 2.81 bits per heavy atom. The Morgan fingerprint density at radius 2 is 2.00 bits per heavy atom. The minimum atomic E-state index is -0.0690. The van der Waals surface area contributed by atoms with Gasteiger partial charge in [0.05, 0.1) is 18.5 Å². The van der Waals surface area contributed by atoms with Crippen molar-refractivity contribution in [1.82, 2.24) is 15.0 Å². The second-order valence-electron chi connectivity index (χ2n) is 6.67. The van der Waals surface area contributed by atoms with Gasteiger partial charge in [-0.3, -0.25) is 4.79 Å². The van der Waals surface area contributed by atoms with Gasteiger partial charge in [0.1, 0.15) is 17.3 Å². The molecule has 2 aromatic carbocycles. The summed E-state index contributed by atoms with van der Waals surface area (Å²) in [5.74, 6) is 0.896. The zero-order valence-corrected chi connectivity index (χ0v) is 14.9. The molecule has 2 atom stereocenters. The second kappa shape index (κ2) is 7.25. The summed E-state index contributed by atoms with van der Waals surface area (Å²) in [6.07, 6.45) is 2.25. The number of benzene rings is 2. The minimum absolute atomic E-state index is 0.0690. The van der Waals surface area contributed by atoms with Crippen molar-refractivity contribution in [3.8, 4) is 5.75 Å². The summed E-state index contributed by atoms with van der Waals surface area (Å²) in [5.41, 5.74) is 1.86. The number of hydrogen-bond donors (Lipinski definition) is 1. The van der Waals surface area contributed by atoms with Crippen molar-refractivity contribution >= 4 is 10.9 Å². The van der Waals surface area contributed by atoms with Crippen LogP contribution in [0.25, 0.3) is 10.9 Å². The van der Waals surface area contributed by atoms with Gasteiger partial charge in [0, 0.05) is 18.4 Å². The van der Waals surface area contributed by atoms with E-state index in [0.717, 1.165) is 25.1 Å². The molecule has 26 heavy (non-hydrogen) atoms. The molecule has 0 amide bonds. The van der Waals surface area contributed by atoms with Gasteiger partial charge in [0.2, 0.25) is 0 Å². The summed E-state index contributed by atoms with van der Waals surface area (Å²) < 4.78 is 7.04. The molecule has 0 saturated carbocycles. The first-order chi connectivity index (χ1) is 12.8. The Labute approximate surface area is 152 Å². The first-order valence-corrected chi connectivity index (χ1v) is 9.16. The highest BCUT2D eigenvalue weighted by molar-refractivity contribution is 5.76. The standard InChI is InChI=1S/C20H22N4O2/c1-2-26-16-11-9-15(10-12-16)19-8-5-13-23(19)14-24-20(25)17-6-3-4-7-18(17)21-22-24/h3-4,6-7,9-12,19H,2,5,8,13-14H2,1H3/p+1/t19-/m1/s1. The molecule has 1 fully saturated rings. The van der Waals surface area contributed by atoms with E-state index in [0.29, 0.717) is 30.2 Å². The van der Waals surface area contributed by atoms with Crippen molar-refractivity contribution in [2.24, 2.45) is 0 Å². The molecule has 1 unspecified atom stereocenters. The van der Waals surface area contributed by atoms with Crippen molar-refractivity contribution in [2.45, 2.75) is 32.5 Å². The van der Waals surface area contributed by atoms with Crippen LogP contribution in [0.3, 0.4) is 0 Å². The summed E-state index contributed by atoms with van der Waals surface area (Å²) in [7, 11) is 0. The predicted octanol–water partition coefficient (Wildman–Crippen LogP) is 1.57. The van der Waals surface area contributed by atoms with E-state index < -0.39 is 0 Å². The van der Waals surface area contributed by atoms with Crippen LogP contribution in [-0.2, 0) is 6.67 Å². The van der Waals surface area contributed by atoms with Gasteiger partial charge < -0.3 is 9.64 Å². The fraction of sp³-hybridized carbons (Fsp3) is 0.350. The number of nitrogens with one attached hydrogen (secondary N) is 1. The van der Waals surface area contributed by atoms with E-state index in [2.05, 4.69) is 22.4 Å². The summed E-state index contributed by atoms with van der Waals surface area (Å²) in [5, 5.41) is 8.97.